The van der Waals surface area contributed by atoms with Gasteiger partial charge in [-0.1, -0.05) is 13.8 Å². The topological polar surface area (TPSA) is 192 Å². The van der Waals surface area contributed by atoms with Gasteiger partial charge in [-0.25, -0.2) is 19.9 Å². The maximum Gasteiger partial charge on any atom is 0.257 e. The number of carbonyl (C=O) groups is 2. The van der Waals surface area contributed by atoms with Gasteiger partial charge in [-0.05, 0) is 80.3 Å². The number of ether oxygens (including phenoxy) is 1. The number of hydrogen-bond donors (Lipinski definition) is 3. The van der Waals surface area contributed by atoms with Crippen molar-refractivity contribution in [1.29, 1.82) is 0 Å². The highest BCUT2D eigenvalue weighted by atomic mass is 32.1. The summed E-state index contributed by atoms with van der Waals surface area (Å²) in [6.07, 6.45) is 9.46. The number of aromatic hydroxyl groups is 2. The molecule has 0 aliphatic carbocycles. The molecule has 9 rings (SSSR count). The summed E-state index contributed by atoms with van der Waals surface area (Å²) in [6.45, 7) is 12.5. The third-order valence-corrected chi connectivity index (χ3v) is 13.7. The Bertz CT molecular complexity index is 2360. The number of likely N-dealkylation sites (tertiary alicyclic amines) is 2. The van der Waals surface area contributed by atoms with E-state index in [1.165, 1.54) is 10.9 Å². The van der Waals surface area contributed by atoms with Crippen LogP contribution in [0.1, 0.15) is 77.5 Å². The van der Waals surface area contributed by atoms with Crippen molar-refractivity contribution in [2.45, 2.75) is 71.5 Å². The number of amides is 2. The lowest BCUT2D eigenvalue weighted by atomic mass is 9.92. The predicted octanol–water partition coefficient (Wildman–Crippen LogP) is 4.65. The van der Waals surface area contributed by atoms with Crippen molar-refractivity contribution in [2.24, 2.45) is 11.8 Å². The molecule has 0 saturated carbocycles. The van der Waals surface area contributed by atoms with E-state index >= 15 is 0 Å². The van der Waals surface area contributed by atoms with Crippen molar-refractivity contribution in [3.8, 4) is 22.9 Å². The molecule has 0 bridgehead atoms. The lowest BCUT2D eigenvalue weighted by Crippen LogP contribution is -2.45. The molecule has 0 unspecified atom stereocenters. The fraction of sp³-hybridized carbons (Fsp3) is 0.512. The van der Waals surface area contributed by atoms with Crippen LogP contribution in [0.25, 0.3) is 21.6 Å². The molecule has 2 amide bonds. The van der Waals surface area contributed by atoms with Gasteiger partial charge < -0.3 is 35.4 Å². The van der Waals surface area contributed by atoms with Gasteiger partial charge in [0.25, 0.3) is 5.91 Å². The normalized spacial score (nSPS) is 18.4. The largest absolute Gasteiger partial charge is 0.508 e. The van der Waals surface area contributed by atoms with Crippen molar-refractivity contribution in [1.82, 2.24) is 44.4 Å². The fourth-order valence-electron chi connectivity index (χ4n) is 9.10. The number of nitrogen functional groups attached to an aromatic ring is 1. The Hall–Kier alpha value is -5.39. The van der Waals surface area contributed by atoms with Crippen LogP contribution in [0.4, 0.5) is 11.8 Å². The molecule has 4 aliphatic heterocycles. The second-order valence-corrected chi connectivity index (χ2v) is 18.0. The molecule has 3 saturated heterocycles. The van der Waals surface area contributed by atoms with Gasteiger partial charge in [0.2, 0.25) is 11.9 Å². The summed E-state index contributed by atoms with van der Waals surface area (Å²) in [6, 6.07) is 5.06. The first-order valence-electron chi connectivity index (χ1n) is 21.2. The number of anilines is 2. The smallest absolute Gasteiger partial charge is 0.257 e. The summed E-state index contributed by atoms with van der Waals surface area (Å²) in [5.41, 5.74) is 10.4. The minimum absolute atomic E-state index is 0.00564. The molecule has 0 radical (unpaired) electrons. The van der Waals surface area contributed by atoms with E-state index in [1.807, 2.05) is 24.7 Å². The number of piperidine rings is 2. The number of fused-ring (bicyclic) bond motifs is 2. The zero-order valence-corrected chi connectivity index (χ0v) is 35.1. The number of thiophene rings is 1. The second kappa shape index (κ2) is 16.9. The van der Waals surface area contributed by atoms with Crippen LogP contribution in [0, 0.1) is 11.8 Å². The third kappa shape index (κ3) is 8.21. The van der Waals surface area contributed by atoms with Crippen LogP contribution in [0.15, 0.2) is 36.8 Å². The maximum absolute atomic E-state index is 13.8. The van der Waals surface area contributed by atoms with Crippen LogP contribution in [0.5, 0.6) is 11.5 Å². The fourth-order valence-corrected chi connectivity index (χ4v) is 10.3. The number of aromatic nitrogens is 6. The summed E-state index contributed by atoms with van der Waals surface area (Å²) in [5, 5.41) is 25.6. The number of rotatable bonds is 9. The zero-order chi connectivity index (χ0) is 41.5. The number of carbonyl (C=O) groups excluding carboxylic acids is 2. The Morgan fingerprint density at radius 3 is 2.38 bits per heavy atom. The molecule has 4 aliphatic rings. The highest BCUT2D eigenvalue weighted by Crippen LogP contribution is 2.37. The van der Waals surface area contributed by atoms with Gasteiger partial charge in [0, 0.05) is 75.1 Å². The zero-order valence-electron chi connectivity index (χ0n) is 34.3. The van der Waals surface area contributed by atoms with Gasteiger partial charge in [0.15, 0.2) is 11.6 Å². The van der Waals surface area contributed by atoms with Crippen molar-refractivity contribution in [2.75, 3.05) is 69.7 Å². The number of hydrogen-bond acceptors (Lipinski definition) is 14. The van der Waals surface area contributed by atoms with Crippen molar-refractivity contribution >= 4 is 45.1 Å². The van der Waals surface area contributed by atoms with E-state index < -0.39 is 0 Å². The number of morpholine rings is 1. The van der Waals surface area contributed by atoms with Crippen molar-refractivity contribution < 1.29 is 24.5 Å². The first-order chi connectivity index (χ1) is 29.1. The number of nitrogens with two attached hydrogens (primary N) is 1. The minimum atomic E-state index is -0.251. The van der Waals surface area contributed by atoms with Crippen molar-refractivity contribution in [3.05, 3.63) is 64.1 Å². The van der Waals surface area contributed by atoms with Gasteiger partial charge in [-0.15, -0.1) is 11.3 Å². The number of phenols is 2. The molecule has 4 aromatic heterocycles. The summed E-state index contributed by atoms with van der Waals surface area (Å²) in [4.78, 5) is 55.4. The standard InChI is InChI=1S/C43H53N11O5S/c1-26(2)32-18-33(37(56)19-36(32)55)42(58)53-12-7-29-22-47-54(35(29)25-53)23-27-3-10-52(11-4-27)41(57)28-5-8-50(9-6-28)24-31-17-34-38(60-31)40(51-13-15-59-16-14-51)49-39(48-34)30-20-45-43(44)46-21-30/h17-22,26-28,55-56H,3-16,23-25H2,1-2H3,(H2,44,45,46). The van der Waals surface area contributed by atoms with E-state index in [2.05, 4.69) is 30.7 Å². The molecule has 5 aromatic rings. The van der Waals surface area contributed by atoms with E-state index in [9.17, 15) is 19.8 Å². The number of nitrogens with zero attached hydrogens (tertiary/aromatic N) is 10. The molecular weight excluding hydrogens is 783 g/mol. The quantitative estimate of drug-likeness (QED) is 0.186. The summed E-state index contributed by atoms with van der Waals surface area (Å²) in [5.74, 6) is 1.94. The van der Waals surface area contributed by atoms with Gasteiger partial charge >= 0.3 is 0 Å². The summed E-state index contributed by atoms with van der Waals surface area (Å²) in [7, 11) is 0. The lowest BCUT2D eigenvalue weighted by molar-refractivity contribution is -0.138. The highest BCUT2D eigenvalue weighted by molar-refractivity contribution is 7.19. The van der Waals surface area contributed by atoms with Gasteiger partial charge in [-0.2, -0.15) is 5.10 Å². The Kier molecular flexibility index (Phi) is 11.3. The van der Waals surface area contributed by atoms with E-state index in [4.69, 9.17) is 25.5 Å². The molecule has 316 valence electrons. The predicted molar refractivity (Wildman–Crippen MR) is 228 cm³/mol. The molecule has 60 heavy (non-hydrogen) atoms. The van der Waals surface area contributed by atoms with Gasteiger partial charge in [-0.3, -0.25) is 19.2 Å². The Morgan fingerprint density at radius 2 is 1.65 bits per heavy atom. The van der Waals surface area contributed by atoms with E-state index in [1.54, 1.807) is 34.7 Å². The Balaban J connectivity index is 0.780. The molecule has 4 N–H and O–H groups in total. The summed E-state index contributed by atoms with van der Waals surface area (Å²) >= 11 is 1.74. The molecule has 16 nitrogen and oxygen atoms in total. The highest BCUT2D eigenvalue weighted by Gasteiger charge is 2.33. The molecular formula is C43H53N11O5S. The molecule has 3 fully saturated rings. The van der Waals surface area contributed by atoms with Crippen LogP contribution in [0.2, 0.25) is 0 Å². The molecule has 0 atom stereocenters. The minimum Gasteiger partial charge on any atom is -0.508 e. The number of phenolic OH excluding ortho intramolecular Hbond substituents is 2. The Morgan fingerprint density at radius 1 is 0.900 bits per heavy atom. The second-order valence-electron chi connectivity index (χ2n) is 16.9. The van der Waals surface area contributed by atoms with E-state index in [0.29, 0.717) is 50.0 Å². The summed E-state index contributed by atoms with van der Waals surface area (Å²) < 4.78 is 8.74. The van der Waals surface area contributed by atoms with Crippen LogP contribution in [-0.2, 0) is 35.6 Å². The van der Waals surface area contributed by atoms with Crippen LogP contribution >= 0.6 is 11.3 Å². The first kappa shape index (κ1) is 40.0. The first-order valence-corrected chi connectivity index (χ1v) is 22.0. The average molecular weight is 836 g/mol. The monoisotopic (exact) mass is 835 g/mol. The lowest BCUT2D eigenvalue weighted by Gasteiger charge is -2.37. The van der Waals surface area contributed by atoms with E-state index in [0.717, 1.165) is 111 Å². The SMILES string of the molecule is CC(C)c1cc(C(=O)N2CCc3cnn(CC4CCN(C(=O)C5CCN(Cc6cc7nc(-c8cnc(N)nc8)nc(N8CCOCC8)c7s6)CC5)CC4)c3C2)c(O)cc1O. The Labute approximate surface area is 353 Å². The van der Waals surface area contributed by atoms with Gasteiger partial charge in [0.05, 0.1) is 53.0 Å². The van der Waals surface area contributed by atoms with Crippen LogP contribution in [-0.4, -0.2) is 125 Å². The van der Waals surface area contributed by atoms with E-state index in [-0.39, 0.29) is 46.7 Å². The number of benzene rings is 1. The molecule has 8 heterocycles. The molecule has 1 aromatic carbocycles. The van der Waals surface area contributed by atoms with Crippen LogP contribution in [0.3, 0.4) is 0 Å². The third-order valence-electron chi connectivity index (χ3n) is 12.6. The van der Waals surface area contributed by atoms with Gasteiger partial charge in [0.1, 0.15) is 11.5 Å². The maximum atomic E-state index is 13.8. The van der Waals surface area contributed by atoms with Crippen molar-refractivity contribution in [3.63, 3.8) is 0 Å². The molecule has 17 heteroatoms. The van der Waals surface area contributed by atoms with Crippen LogP contribution < -0.4 is 10.6 Å². The average Bonchev–Trinajstić information content (AvgIpc) is 3.86. The molecule has 0 spiro atoms.